The molecular formula is C15H22N2O4. The number of para-hydroxylation sites is 2. The molecular weight excluding hydrogens is 272 g/mol. The number of ether oxygens (including phenoxy) is 1. The van der Waals surface area contributed by atoms with Crippen molar-refractivity contribution in [2.45, 2.75) is 38.3 Å². The molecule has 1 fully saturated rings. The molecule has 0 saturated carbocycles. The minimum atomic E-state index is -0.429. The zero-order valence-corrected chi connectivity index (χ0v) is 12.3. The van der Waals surface area contributed by atoms with Gasteiger partial charge in [0.05, 0.1) is 11.0 Å². The maximum atomic E-state index is 10.9. The van der Waals surface area contributed by atoms with E-state index in [-0.39, 0.29) is 11.8 Å². The fraction of sp³-hybridized carbons (Fsp3) is 0.600. The Morgan fingerprint density at radius 3 is 3.00 bits per heavy atom. The molecule has 2 atom stereocenters. The molecule has 2 rings (SSSR count). The smallest absolute Gasteiger partial charge is 0.310 e. The summed E-state index contributed by atoms with van der Waals surface area (Å²) in [5.74, 6) is 0.314. The lowest BCUT2D eigenvalue weighted by Gasteiger charge is -2.25. The number of likely N-dealkylation sites (tertiary alicyclic amines) is 1. The summed E-state index contributed by atoms with van der Waals surface area (Å²) in [4.78, 5) is 12.8. The highest BCUT2D eigenvalue weighted by Crippen LogP contribution is 2.26. The van der Waals surface area contributed by atoms with Gasteiger partial charge in [0.2, 0.25) is 0 Å². The minimum Gasteiger partial charge on any atom is -0.485 e. The first-order valence-corrected chi connectivity index (χ1v) is 7.36. The molecule has 6 heteroatoms. The molecule has 1 aromatic rings. The molecule has 116 valence electrons. The van der Waals surface area contributed by atoms with E-state index in [0.29, 0.717) is 18.4 Å². The van der Waals surface area contributed by atoms with Crippen LogP contribution < -0.4 is 4.74 Å². The lowest BCUT2D eigenvalue weighted by molar-refractivity contribution is -0.385. The van der Waals surface area contributed by atoms with Gasteiger partial charge < -0.3 is 9.84 Å². The highest BCUT2D eigenvalue weighted by Gasteiger charge is 2.25. The van der Waals surface area contributed by atoms with Gasteiger partial charge in [0, 0.05) is 18.7 Å². The zero-order valence-electron chi connectivity index (χ0n) is 12.3. The van der Waals surface area contributed by atoms with Crippen LogP contribution in [0.2, 0.25) is 0 Å². The maximum absolute atomic E-state index is 10.9. The Labute approximate surface area is 124 Å². The highest BCUT2D eigenvalue weighted by molar-refractivity contribution is 5.45. The van der Waals surface area contributed by atoms with E-state index in [0.717, 1.165) is 32.4 Å². The van der Waals surface area contributed by atoms with E-state index >= 15 is 0 Å². The second-order valence-corrected chi connectivity index (χ2v) is 5.49. The van der Waals surface area contributed by atoms with Gasteiger partial charge in [-0.1, -0.05) is 12.1 Å². The third-order valence-electron chi connectivity index (χ3n) is 3.81. The standard InChI is InChI=1S/C15H22N2O4/c1-12(18)11-13-5-4-8-16(13)9-10-21-15-7-3-2-6-14(15)17(19)20/h2-3,6-7,12-13,18H,4-5,8-11H2,1H3. The van der Waals surface area contributed by atoms with Crippen LogP contribution in [0.1, 0.15) is 26.2 Å². The molecule has 1 N–H and O–H groups in total. The average molecular weight is 294 g/mol. The summed E-state index contributed by atoms with van der Waals surface area (Å²) >= 11 is 0. The summed E-state index contributed by atoms with van der Waals surface area (Å²) < 4.78 is 5.57. The van der Waals surface area contributed by atoms with Crippen LogP contribution in [0, 0.1) is 10.1 Å². The van der Waals surface area contributed by atoms with Crippen molar-refractivity contribution in [3.8, 4) is 5.75 Å². The lowest BCUT2D eigenvalue weighted by Crippen LogP contribution is -2.35. The van der Waals surface area contributed by atoms with E-state index in [9.17, 15) is 15.2 Å². The summed E-state index contributed by atoms with van der Waals surface area (Å²) in [6.45, 7) is 3.95. The molecule has 0 amide bonds. The molecule has 0 aromatic heterocycles. The summed E-state index contributed by atoms with van der Waals surface area (Å²) in [6, 6.07) is 6.81. The van der Waals surface area contributed by atoms with Gasteiger partial charge in [0.15, 0.2) is 5.75 Å². The fourth-order valence-electron chi connectivity index (χ4n) is 2.85. The van der Waals surface area contributed by atoms with Gasteiger partial charge in [-0.2, -0.15) is 0 Å². The van der Waals surface area contributed by atoms with Crippen molar-refractivity contribution in [1.29, 1.82) is 0 Å². The summed E-state index contributed by atoms with van der Waals surface area (Å²) in [5.41, 5.74) is -0.000507. The van der Waals surface area contributed by atoms with Gasteiger partial charge in [0.25, 0.3) is 0 Å². The van der Waals surface area contributed by atoms with E-state index in [1.54, 1.807) is 25.1 Å². The van der Waals surface area contributed by atoms with Gasteiger partial charge in [-0.3, -0.25) is 15.0 Å². The molecule has 0 bridgehead atoms. The van der Waals surface area contributed by atoms with Crippen LogP contribution in [0.4, 0.5) is 5.69 Å². The first-order valence-electron chi connectivity index (χ1n) is 7.36. The number of nitro groups is 1. The topological polar surface area (TPSA) is 75.8 Å². The second kappa shape index (κ2) is 7.38. The van der Waals surface area contributed by atoms with Gasteiger partial charge in [0.1, 0.15) is 6.61 Å². The number of aliphatic hydroxyl groups is 1. The predicted molar refractivity (Wildman–Crippen MR) is 79.5 cm³/mol. The molecule has 0 spiro atoms. The molecule has 0 aliphatic carbocycles. The molecule has 6 nitrogen and oxygen atoms in total. The van der Waals surface area contributed by atoms with Gasteiger partial charge in [-0.25, -0.2) is 0 Å². The van der Waals surface area contributed by atoms with Crippen LogP contribution in [0.25, 0.3) is 0 Å². The molecule has 1 aliphatic rings. The minimum absolute atomic E-state index is 0.000507. The Balaban J connectivity index is 1.85. The molecule has 21 heavy (non-hydrogen) atoms. The van der Waals surface area contributed by atoms with Crippen molar-refractivity contribution in [2.24, 2.45) is 0 Å². The molecule has 1 heterocycles. The molecule has 1 aromatic carbocycles. The number of benzene rings is 1. The van der Waals surface area contributed by atoms with Crippen LogP contribution in [0.15, 0.2) is 24.3 Å². The third kappa shape index (κ3) is 4.41. The number of aliphatic hydroxyl groups excluding tert-OH is 1. The fourth-order valence-corrected chi connectivity index (χ4v) is 2.85. The van der Waals surface area contributed by atoms with Crippen LogP contribution in [-0.2, 0) is 0 Å². The quantitative estimate of drug-likeness (QED) is 0.616. The highest BCUT2D eigenvalue weighted by atomic mass is 16.6. The number of rotatable bonds is 7. The van der Waals surface area contributed by atoms with E-state index in [1.807, 2.05) is 0 Å². The van der Waals surface area contributed by atoms with Gasteiger partial charge in [-0.05, 0) is 38.8 Å². The SMILES string of the molecule is CC(O)CC1CCCN1CCOc1ccccc1[N+](=O)[O-]. The van der Waals surface area contributed by atoms with Crippen molar-refractivity contribution in [1.82, 2.24) is 4.90 Å². The van der Waals surface area contributed by atoms with Crippen molar-refractivity contribution >= 4 is 5.69 Å². The second-order valence-electron chi connectivity index (χ2n) is 5.49. The lowest BCUT2D eigenvalue weighted by atomic mass is 10.1. The third-order valence-corrected chi connectivity index (χ3v) is 3.81. The summed E-state index contributed by atoms with van der Waals surface area (Å²) in [7, 11) is 0. The first kappa shape index (κ1) is 15.7. The van der Waals surface area contributed by atoms with Crippen molar-refractivity contribution in [3.63, 3.8) is 0 Å². The van der Waals surface area contributed by atoms with Gasteiger partial charge in [-0.15, -0.1) is 0 Å². The summed E-state index contributed by atoms with van der Waals surface area (Å²) in [6.07, 6.45) is 2.69. The monoisotopic (exact) mass is 294 g/mol. The van der Waals surface area contributed by atoms with Crippen molar-refractivity contribution in [3.05, 3.63) is 34.4 Å². The first-order chi connectivity index (χ1) is 10.1. The largest absolute Gasteiger partial charge is 0.485 e. The number of nitro benzene ring substituents is 1. The Hall–Kier alpha value is -1.66. The maximum Gasteiger partial charge on any atom is 0.310 e. The molecule has 1 aliphatic heterocycles. The van der Waals surface area contributed by atoms with Gasteiger partial charge >= 0.3 is 5.69 Å². The average Bonchev–Trinajstić information content (AvgIpc) is 2.86. The van der Waals surface area contributed by atoms with E-state index < -0.39 is 4.92 Å². The number of hydrogen-bond donors (Lipinski definition) is 1. The van der Waals surface area contributed by atoms with Crippen LogP contribution in [-0.4, -0.2) is 46.8 Å². The predicted octanol–water partition coefficient (Wildman–Crippen LogP) is 2.21. The van der Waals surface area contributed by atoms with Crippen LogP contribution >= 0.6 is 0 Å². The van der Waals surface area contributed by atoms with E-state index in [2.05, 4.69) is 4.90 Å². The molecule has 2 unspecified atom stereocenters. The zero-order chi connectivity index (χ0) is 15.2. The Bertz CT molecular complexity index is 478. The van der Waals surface area contributed by atoms with Crippen molar-refractivity contribution in [2.75, 3.05) is 19.7 Å². The summed E-state index contributed by atoms with van der Waals surface area (Å²) in [5, 5.41) is 20.4. The Morgan fingerprint density at radius 1 is 1.52 bits per heavy atom. The van der Waals surface area contributed by atoms with Crippen LogP contribution in [0.3, 0.4) is 0 Å². The normalized spacial score (nSPS) is 20.4. The number of hydrogen-bond acceptors (Lipinski definition) is 5. The van der Waals surface area contributed by atoms with E-state index in [4.69, 9.17) is 4.74 Å². The Morgan fingerprint density at radius 2 is 2.29 bits per heavy atom. The molecule has 1 saturated heterocycles. The van der Waals surface area contributed by atoms with Crippen molar-refractivity contribution < 1.29 is 14.8 Å². The van der Waals surface area contributed by atoms with Crippen LogP contribution in [0.5, 0.6) is 5.75 Å². The van der Waals surface area contributed by atoms with E-state index in [1.165, 1.54) is 6.07 Å². The Kier molecular flexibility index (Phi) is 5.52. The molecule has 0 radical (unpaired) electrons. The number of nitrogens with zero attached hydrogens (tertiary/aromatic N) is 2.